The minimum atomic E-state index is -0.632. The Kier molecular flexibility index (Phi) is 5.35. The Morgan fingerprint density at radius 3 is 2.43 bits per heavy atom. The molecule has 1 saturated heterocycles. The van der Waals surface area contributed by atoms with Crippen LogP contribution in [0.5, 0.6) is 11.5 Å². The van der Waals surface area contributed by atoms with E-state index in [1.54, 1.807) is 0 Å². The standard InChI is InChI=1S/C20H25N5O5/c1-22-18(21)17(19(27)23(2)20(22)28)14(26)11-25-7-5-24(6-8-25)10-13-3-4-15-16(9-13)30-12-29-15/h3-4,9H,5-8,10-12,21H2,1-2H3/p+2. The lowest BCUT2D eigenvalue weighted by Crippen LogP contribution is -3.27. The number of hydrogen-bond acceptors (Lipinski definition) is 6. The van der Waals surface area contributed by atoms with Crippen molar-refractivity contribution in [2.45, 2.75) is 6.54 Å². The molecule has 4 N–H and O–H groups in total. The fraction of sp³-hybridized carbons (Fsp3) is 0.450. The van der Waals surface area contributed by atoms with Crippen molar-refractivity contribution < 1.29 is 24.1 Å². The van der Waals surface area contributed by atoms with Gasteiger partial charge < -0.3 is 25.0 Å². The Labute approximate surface area is 173 Å². The molecule has 0 radical (unpaired) electrons. The average Bonchev–Trinajstić information content (AvgIpc) is 3.20. The van der Waals surface area contributed by atoms with Crippen molar-refractivity contribution in [1.29, 1.82) is 0 Å². The number of anilines is 1. The number of ketones is 1. The highest BCUT2D eigenvalue weighted by atomic mass is 16.7. The van der Waals surface area contributed by atoms with Gasteiger partial charge in [-0.25, -0.2) is 4.79 Å². The number of carbonyl (C=O) groups excluding carboxylic acids is 1. The second-order valence-electron chi connectivity index (χ2n) is 7.93. The largest absolute Gasteiger partial charge is 0.454 e. The minimum absolute atomic E-state index is 0.0698. The van der Waals surface area contributed by atoms with E-state index in [-0.39, 0.29) is 30.5 Å². The predicted octanol–water partition coefficient (Wildman–Crippen LogP) is -3.44. The summed E-state index contributed by atoms with van der Waals surface area (Å²) in [6.45, 7) is 4.80. The Hall–Kier alpha value is -3.11. The number of nitrogen functional groups attached to an aromatic ring is 1. The van der Waals surface area contributed by atoms with Gasteiger partial charge in [-0.2, -0.15) is 0 Å². The first-order valence-corrected chi connectivity index (χ1v) is 9.99. The van der Waals surface area contributed by atoms with E-state index in [0.29, 0.717) is 0 Å². The molecule has 1 aromatic heterocycles. The molecule has 3 heterocycles. The molecule has 2 aromatic rings. The van der Waals surface area contributed by atoms with Crippen LogP contribution in [-0.4, -0.2) is 54.4 Å². The van der Waals surface area contributed by atoms with Gasteiger partial charge in [0.1, 0.15) is 50.6 Å². The number of nitrogens with two attached hydrogens (primary N) is 1. The van der Waals surface area contributed by atoms with Gasteiger partial charge in [0.25, 0.3) is 5.56 Å². The van der Waals surface area contributed by atoms with Gasteiger partial charge in [0.05, 0.1) is 0 Å². The second kappa shape index (κ2) is 7.96. The van der Waals surface area contributed by atoms with Crippen LogP contribution in [0.2, 0.25) is 0 Å². The topological polar surface area (TPSA) is 114 Å². The molecule has 0 saturated carbocycles. The molecule has 10 heteroatoms. The highest BCUT2D eigenvalue weighted by Crippen LogP contribution is 2.32. The number of benzene rings is 1. The summed E-state index contributed by atoms with van der Waals surface area (Å²) in [4.78, 5) is 39.7. The maximum atomic E-state index is 12.8. The molecule has 10 nitrogen and oxygen atoms in total. The first-order valence-electron chi connectivity index (χ1n) is 9.99. The average molecular weight is 417 g/mol. The summed E-state index contributed by atoms with van der Waals surface area (Å²) in [6.07, 6.45) is 0. The van der Waals surface area contributed by atoms with Crippen LogP contribution in [0.15, 0.2) is 27.8 Å². The molecule has 0 bridgehead atoms. The maximum Gasteiger partial charge on any atom is 0.332 e. The Morgan fingerprint density at radius 1 is 1.03 bits per heavy atom. The number of nitrogens with zero attached hydrogens (tertiary/aromatic N) is 2. The molecule has 4 rings (SSSR count). The van der Waals surface area contributed by atoms with Crippen LogP contribution in [0, 0.1) is 0 Å². The van der Waals surface area contributed by atoms with Crippen LogP contribution in [0.25, 0.3) is 0 Å². The summed E-state index contributed by atoms with van der Waals surface area (Å²) in [5, 5.41) is 0. The predicted molar refractivity (Wildman–Crippen MR) is 108 cm³/mol. The van der Waals surface area contributed by atoms with Gasteiger partial charge in [0.15, 0.2) is 11.5 Å². The summed E-state index contributed by atoms with van der Waals surface area (Å²) >= 11 is 0. The first kappa shape index (κ1) is 20.2. The van der Waals surface area contributed by atoms with Crippen LogP contribution < -0.4 is 36.3 Å². The number of carbonyl (C=O) groups is 1. The number of rotatable bonds is 5. The number of hydrogen-bond donors (Lipinski definition) is 3. The van der Waals surface area contributed by atoms with E-state index >= 15 is 0 Å². The van der Waals surface area contributed by atoms with E-state index in [4.69, 9.17) is 15.2 Å². The van der Waals surface area contributed by atoms with Crippen LogP contribution in [-0.2, 0) is 20.6 Å². The zero-order valence-electron chi connectivity index (χ0n) is 17.2. The molecule has 0 amide bonds. The lowest BCUT2D eigenvalue weighted by Gasteiger charge is -2.29. The number of nitrogens with one attached hydrogen (secondary N) is 2. The summed E-state index contributed by atoms with van der Waals surface area (Å²) in [5.74, 6) is 1.18. The first-order chi connectivity index (χ1) is 14.3. The maximum absolute atomic E-state index is 12.8. The quantitative estimate of drug-likeness (QED) is 0.436. The fourth-order valence-electron chi connectivity index (χ4n) is 4.09. The number of fused-ring (bicyclic) bond motifs is 1. The van der Waals surface area contributed by atoms with Gasteiger partial charge in [-0.05, 0) is 18.2 Å². The number of quaternary nitrogens is 2. The number of aromatic nitrogens is 2. The minimum Gasteiger partial charge on any atom is -0.454 e. The van der Waals surface area contributed by atoms with Gasteiger partial charge in [-0.1, -0.05) is 0 Å². The molecule has 30 heavy (non-hydrogen) atoms. The van der Waals surface area contributed by atoms with E-state index < -0.39 is 11.2 Å². The van der Waals surface area contributed by atoms with Crippen LogP contribution in [0.3, 0.4) is 0 Å². The molecule has 0 unspecified atom stereocenters. The van der Waals surface area contributed by atoms with Crippen molar-refractivity contribution in [3.8, 4) is 11.5 Å². The van der Waals surface area contributed by atoms with Crippen LogP contribution in [0.4, 0.5) is 5.82 Å². The zero-order chi connectivity index (χ0) is 21.4. The Bertz CT molecular complexity index is 1100. The Balaban J connectivity index is 1.37. The monoisotopic (exact) mass is 417 g/mol. The summed E-state index contributed by atoms with van der Waals surface area (Å²) < 4.78 is 12.9. The van der Waals surface area contributed by atoms with Gasteiger partial charge >= 0.3 is 5.69 Å². The van der Waals surface area contributed by atoms with E-state index in [9.17, 15) is 14.4 Å². The van der Waals surface area contributed by atoms with E-state index in [0.717, 1.165) is 58.3 Å². The van der Waals surface area contributed by atoms with Crippen LogP contribution >= 0.6 is 0 Å². The number of ether oxygens (including phenoxy) is 2. The Morgan fingerprint density at radius 2 is 1.70 bits per heavy atom. The van der Waals surface area contributed by atoms with E-state index in [2.05, 4.69) is 6.07 Å². The fourth-order valence-corrected chi connectivity index (χ4v) is 4.09. The van der Waals surface area contributed by atoms with Gasteiger partial charge in [0, 0.05) is 19.7 Å². The van der Waals surface area contributed by atoms with Crippen molar-refractivity contribution in [2.75, 3.05) is 45.3 Å². The van der Waals surface area contributed by atoms with Crippen molar-refractivity contribution in [1.82, 2.24) is 9.13 Å². The SMILES string of the molecule is Cn1c(N)c(C(=O)C[NH+]2CC[NH+](Cc3ccc4c(c3)OCO4)CC2)c(=O)n(C)c1=O. The molecule has 2 aliphatic heterocycles. The van der Waals surface area contributed by atoms with E-state index in [1.807, 2.05) is 12.1 Å². The van der Waals surface area contributed by atoms with Crippen molar-refractivity contribution in [2.24, 2.45) is 14.1 Å². The molecule has 0 aliphatic carbocycles. The molecule has 2 aliphatic rings. The lowest BCUT2D eigenvalue weighted by molar-refractivity contribution is -1.01. The molecule has 160 valence electrons. The highest BCUT2D eigenvalue weighted by molar-refractivity contribution is 6.00. The van der Waals surface area contributed by atoms with Crippen molar-refractivity contribution >= 4 is 11.6 Å². The highest BCUT2D eigenvalue weighted by Gasteiger charge is 2.28. The molecule has 0 atom stereocenters. The van der Waals surface area contributed by atoms with Crippen molar-refractivity contribution in [3.63, 3.8) is 0 Å². The summed E-state index contributed by atoms with van der Waals surface area (Å²) in [5.41, 5.74) is 5.83. The summed E-state index contributed by atoms with van der Waals surface area (Å²) in [7, 11) is 2.81. The molecule has 1 aromatic carbocycles. The number of Topliss-reactive ketones (excluding diaryl/α,β-unsaturated/α-hetero) is 1. The van der Waals surface area contributed by atoms with Gasteiger partial charge in [-0.3, -0.25) is 18.7 Å². The molecular weight excluding hydrogens is 390 g/mol. The van der Waals surface area contributed by atoms with Crippen molar-refractivity contribution in [3.05, 3.63) is 50.2 Å². The van der Waals surface area contributed by atoms with Gasteiger partial charge in [-0.15, -0.1) is 0 Å². The van der Waals surface area contributed by atoms with Crippen LogP contribution in [0.1, 0.15) is 15.9 Å². The van der Waals surface area contributed by atoms with E-state index in [1.165, 1.54) is 24.6 Å². The molecule has 1 fully saturated rings. The smallest absolute Gasteiger partial charge is 0.332 e. The van der Waals surface area contributed by atoms with Gasteiger partial charge in [0.2, 0.25) is 12.6 Å². The third kappa shape index (κ3) is 3.71. The number of piperazine rings is 1. The normalized spacial score (nSPS) is 20.3. The molecular formula is C20H27N5O5+2. The lowest BCUT2D eigenvalue weighted by atomic mass is 10.1. The summed E-state index contributed by atoms with van der Waals surface area (Å²) in [6, 6.07) is 6.02. The zero-order valence-corrected chi connectivity index (χ0v) is 17.2. The second-order valence-corrected chi connectivity index (χ2v) is 7.93. The third-order valence-electron chi connectivity index (χ3n) is 5.95. The molecule has 0 spiro atoms. The third-order valence-corrected chi connectivity index (χ3v) is 5.95.